The third kappa shape index (κ3) is 4.44. The number of carbonyl (C=O) groups is 1. The van der Waals surface area contributed by atoms with E-state index in [2.05, 4.69) is 11.0 Å². The van der Waals surface area contributed by atoms with Crippen molar-refractivity contribution >= 4 is 17.1 Å². The van der Waals surface area contributed by atoms with Crippen LogP contribution in [0.1, 0.15) is 41.1 Å². The maximum absolute atomic E-state index is 11.5. The van der Waals surface area contributed by atoms with Crippen LogP contribution in [0.25, 0.3) is 33.7 Å². The van der Waals surface area contributed by atoms with Gasteiger partial charge in [-0.05, 0) is 84.8 Å². The number of rotatable bonds is 7. The van der Waals surface area contributed by atoms with Crippen LogP contribution in [0.3, 0.4) is 0 Å². The van der Waals surface area contributed by atoms with Gasteiger partial charge in [0.15, 0.2) is 5.58 Å². The molecule has 198 valence electrons. The van der Waals surface area contributed by atoms with Crippen molar-refractivity contribution in [3.05, 3.63) is 70.8 Å². The van der Waals surface area contributed by atoms with Crippen LogP contribution in [0.2, 0.25) is 0 Å². The molecule has 0 bridgehead atoms. The molecule has 4 aromatic rings. The van der Waals surface area contributed by atoms with E-state index in [1.54, 1.807) is 0 Å². The van der Waals surface area contributed by atoms with Gasteiger partial charge in [-0.2, -0.15) is 5.26 Å². The van der Waals surface area contributed by atoms with E-state index in [0.29, 0.717) is 41.3 Å². The second kappa shape index (κ2) is 10.2. The number of nitriles is 1. The highest BCUT2D eigenvalue weighted by atomic mass is 16.5. The van der Waals surface area contributed by atoms with E-state index in [1.165, 1.54) is 0 Å². The van der Waals surface area contributed by atoms with Gasteiger partial charge in [0.1, 0.15) is 29.5 Å². The van der Waals surface area contributed by atoms with Crippen LogP contribution >= 0.6 is 0 Å². The Balaban J connectivity index is 1.38. The SMILES string of the molecule is Cc1c(-c2cccc(OCCO)c2)cccc1-c1nc2cc3c(c(C#N)c2o1)CCC3N1CCC(C(=O)O)C1. The Morgan fingerprint density at radius 2 is 2.03 bits per heavy atom. The van der Waals surface area contributed by atoms with Crippen molar-refractivity contribution in [2.45, 2.75) is 32.2 Å². The summed E-state index contributed by atoms with van der Waals surface area (Å²) < 4.78 is 11.9. The van der Waals surface area contributed by atoms with Gasteiger partial charge in [-0.1, -0.05) is 24.3 Å². The molecular formula is C31H29N3O5. The van der Waals surface area contributed by atoms with E-state index in [4.69, 9.17) is 19.2 Å². The van der Waals surface area contributed by atoms with Crippen molar-refractivity contribution in [1.82, 2.24) is 9.88 Å². The minimum Gasteiger partial charge on any atom is -0.491 e. The van der Waals surface area contributed by atoms with Gasteiger partial charge >= 0.3 is 5.97 Å². The third-order valence-electron chi connectivity index (χ3n) is 8.04. The van der Waals surface area contributed by atoms with E-state index < -0.39 is 5.97 Å². The number of hydrogen-bond donors (Lipinski definition) is 2. The number of aliphatic carboxylic acids is 1. The van der Waals surface area contributed by atoms with E-state index in [1.807, 2.05) is 55.5 Å². The fourth-order valence-corrected chi connectivity index (χ4v) is 6.11. The van der Waals surface area contributed by atoms with Crippen LogP contribution in [0.4, 0.5) is 0 Å². The van der Waals surface area contributed by atoms with Gasteiger partial charge in [0.05, 0.1) is 12.5 Å². The molecule has 2 heterocycles. The van der Waals surface area contributed by atoms with Gasteiger partial charge in [-0.25, -0.2) is 4.98 Å². The number of aliphatic hydroxyl groups is 1. The Morgan fingerprint density at radius 3 is 2.79 bits per heavy atom. The predicted octanol–water partition coefficient (Wildman–Crippen LogP) is 5.11. The van der Waals surface area contributed by atoms with Crippen molar-refractivity contribution in [1.29, 1.82) is 5.26 Å². The number of oxazole rings is 1. The van der Waals surface area contributed by atoms with Gasteiger partial charge < -0.3 is 19.4 Å². The largest absolute Gasteiger partial charge is 0.491 e. The van der Waals surface area contributed by atoms with Crippen LogP contribution in [0, 0.1) is 24.2 Å². The van der Waals surface area contributed by atoms with Crippen molar-refractivity contribution in [2.75, 3.05) is 26.3 Å². The molecule has 0 amide bonds. The summed E-state index contributed by atoms with van der Waals surface area (Å²) in [7, 11) is 0. The second-order valence-electron chi connectivity index (χ2n) is 10.2. The summed E-state index contributed by atoms with van der Waals surface area (Å²) in [4.78, 5) is 18.6. The number of likely N-dealkylation sites (tertiary alicyclic amines) is 1. The molecular weight excluding hydrogens is 494 g/mol. The molecule has 8 nitrogen and oxygen atoms in total. The minimum absolute atomic E-state index is 0.0494. The normalized spacial score (nSPS) is 18.8. The van der Waals surface area contributed by atoms with Gasteiger partial charge in [0, 0.05) is 18.2 Å². The third-order valence-corrected chi connectivity index (χ3v) is 8.04. The molecule has 1 aliphatic carbocycles. The van der Waals surface area contributed by atoms with Gasteiger partial charge in [0.25, 0.3) is 0 Å². The van der Waals surface area contributed by atoms with Crippen LogP contribution in [0.5, 0.6) is 5.75 Å². The monoisotopic (exact) mass is 523 g/mol. The number of carboxylic acid groups (broad SMARTS) is 1. The first-order valence-electron chi connectivity index (χ1n) is 13.3. The van der Waals surface area contributed by atoms with Crippen LogP contribution in [-0.2, 0) is 11.2 Å². The summed E-state index contributed by atoms with van der Waals surface area (Å²) in [6, 6.07) is 18.2. The zero-order valence-corrected chi connectivity index (χ0v) is 21.7. The van der Waals surface area contributed by atoms with E-state index in [-0.39, 0.29) is 25.2 Å². The topological polar surface area (TPSA) is 120 Å². The first-order valence-corrected chi connectivity index (χ1v) is 13.3. The number of ether oxygens (including phenoxy) is 1. The molecule has 2 unspecified atom stereocenters. The zero-order valence-electron chi connectivity index (χ0n) is 21.7. The molecule has 6 rings (SSSR count). The van der Waals surface area contributed by atoms with Crippen molar-refractivity contribution < 1.29 is 24.2 Å². The number of aromatic nitrogens is 1. The molecule has 39 heavy (non-hydrogen) atoms. The highest BCUT2D eigenvalue weighted by Crippen LogP contribution is 2.43. The van der Waals surface area contributed by atoms with Crippen LogP contribution in [-0.4, -0.2) is 52.4 Å². The van der Waals surface area contributed by atoms with E-state index in [9.17, 15) is 15.2 Å². The summed E-state index contributed by atoms with van der Waals surface area (Å²) in [5, 5.41) is 28.7. The Morgan fingerprint density at radius 1 is 1.21 bits per heavy atom. The Labute approximate surface area is 226 Å². The zero-order chi connectivity index (χ0) is 27.1. The lowest BCUT2D eigenvalue weighted by atomic mass is 9.96. The number of benzene rings is 3. The summed E-state index contributed by atoms with van der Waals surface area (Å²) >= 11 is 0. The Bertz CT molecular complexity index is 1620. The quantitative estimate of drug-likeness (QED) is 0.343. The lowest BCUT2D eigenvalue weighted by Crippen LogP contribution is -2.26. The molecule has 8 heteroatoms. The van der Waals surface area contributed by atoms with Crippen molar-refractivity contribution in [3.8, 4) is 34.4 Å². The smallest absolute Gasteiger partial charge is 0.307 e. The second-order valence-corrected chi connectivity index (χ2v) is 10.2. The molecule has 1 saturated heterocycles. The van der Waals surface area contributed by atoms with Gasteiger partial charge in [-0.3, -0.25) is 9.69 Å². The average molecular weight is 524 g/mol. The molecule has 1 fully saturated rings. The van der Waals surface area contributed by atoms with E-state index in [0.717, 1.165) is 52.8 Å². The van der Waals surface area contributed by atoms with Crippen LogP contribution < -0.4 is 4.74 Å². The lowest BCUT2D eigenvalue weighted by molar-refractivity contribution is -0.141. The number of aliphatic hydroxyl groups excluding tert-OH is 1. The Hall–Kier alpha value is -4.19. The first kappa shape index (κ1) is 25.1. The highest BCUT2D eigenvalue weighted by molar-refractivity contribution is 5.86. The molecule has 0 saturated carbocycles. The highest BCUT2D eigenvalue weighted by Gasteiger charge is 2.37. The van der Waals surface area contributed by atoms with E-state index >= 15 is 0 Å². The minimum atomic E-state index is -0.743. The molecule has 1 aromatic heterocycles. The predicted molar refractivity (Wildman–Crippen MR) is 145 cm³/mol. The summed E-state index contributed by atoms with van der Waals surface area (Å²) in [6.07, 6.45) is 2.26. The summed E-state index contributed by atoms with van der Waals surface area (Å²) in [5.74, 6) is 0.0561. The molecule has 2 N–H and O–H groups in total. The lowest BCUT2D eigenvalue weighted by Gasteiger charge is -2.24. The molecule has 3 aromatic carbocycles. The van der Waals surface area contributed by atoms with Gasteiger partial charge in [-0.15, -0.1) is 0 Å². The number of nitrogens with zero attached hydrogens (tertiary/aromatic N) is 3. The molecule has 1 aliphatic heterocycles. The maximum Gasteiger partial charge on any atom is 0.307 e. The number of hydrogen-bond acceptors (Lipinski definition) is 7. The number of carboxylic acids is 1. The fourth-order valence-electron chi connectivity index (χ4n) is 6.11. The standard InChI is InChI=1S/C31H29N3O5/c1-18-22(19-4-2-5-21(14-19)38-13-12-35)6-3-7-23(18)30-33-27-15-25-24(26(16-32)29(27)39-30)8-9-28(25)34-11-10-20(17-34)31(36)37/h2-7,14-15,20,28,35H,8-13,17H2,1H3,(H,36,37). The van der Waals surface area contributed by atoms with Gasteiger partial charge in [0.2, 0.25) is 5.89 Å². The Kier molecular flexibility index (Phi) is 6.55. The van der Waals surface area contributed by atoms with Crippen molar-refractivity contribution in [3.63, 3.8) is 0 Å². The number of fused-ring (bicyclic) bond motifs is 2. The van der Waals surface area contributed by atoms with Crippen molar-refractivity contribution in [2.24, 2.45) is 5.92 Å². The summed E-state index contributed by atoms with van der Waals surface area (Å²) in [5.41, 5.74) is 7.54. The molecule has 2 aliphatic rings. The first-order chi connectivity index (χ1) is 19.0. The fraction of sp³-hybridized carbons (Fsp3) is 0.323. The summed E-state index contributed by atoms with van der Waals surface area (Å²) in [6.45, 7) is 3.47. The molecule has 0 radical (unpaired) electrons. The molecule has 2 atom stereocenters. The molecule has 0 spiro atoms. The maximum atomic E-state index is 11.5. The van der Waals surface area contributed by atoms with Crippen LogP contribution in [0.15, 0.2) is 52.9 Å². The average Bonchev–Trinajstić information content (AvgIpc) is 3.69.